The number of ether oxygens (including phenoxy) is 2. The Bertz CT molecular complexity index is 628. The molecule has 7 nitrogen and oxygen atoms in total. The highest BCUT2D eigenvalue weighted by Crippen LogP contribution is 2.15. The summed E-state index contributed by atoms with van der Waals surface area (Å²) >= 11 is 0. The third kappa shape index (κ3) is 4.83. The number of nitrogens with zero attached hydrogens (tertiary/aromatic N) is 2. The van der Waals surface area contributed by atoms with E-state index in [0.29, 0.717) is 11.3 Å². The minimum Gasteiger partial charge on any atom is -0.462 e. The molecule has 1 aromatic carbocycles. The van der Waals surface area contributed by atoms with Crippen molar-refractivity contribution >= 4 is 23.4 Å². The molecule has 0 radical (unpaired) electrons. The third-order valence-electron chi connectivity index (χ3n) is 2.43. The summed E-state index contributed by atoms with van der Waals surface area (Å²) in [5, 5.41) is 7.37. The number of esters is 2. The molecule has 0 aromatic heterocycles. The Morgan fingerprint density at radius 3 is 2.41 bits per heavy atom. The molecule has 0 heterocycles. The number of terminal acetylenes is 1. The predicted molar refractivity (Wildman–Crippen MR) is 76.3 cm³/mol. The van der Waals surface area contributed by atoms with Crippen LogP contribution < -0.4 is 0 Å². The Balaban J connectivity index is 2.84. The van der Waals surface area contributed by atoms with Crippen LogP contribution in [0.3, 0.4) is 0 Å². The van der Waals surface area contributed by atoms with Crippen molar-refractivity contribution in [2.75, 3.05) is 6.61 Å². The van der Waals surface area contributed by atoms with Gasteiger partial charge >= 0.3 is 11.9 Å². The fraction of sp³-hybridized carbons (Fsp3) is 0.267. The van der Waals surface area contributed by atoms with E-state index in [-0.39, 0.29) is 6.61 Å². The van der Waals surface area contributed by atoms with E-state index in [1.54, 1.807) is 13.0 Å². The molecule has 0 saturated carbocycles. The summed E-state index contributed by atoms with van der Waals surface area (Å²) in [6.07, 6.45) is 6.50. The molecule has 22 heavy (non-hydrogen) atoms. The Hall–Kier alpha value is -3.01. The van der Waals surface area contributed by atoms with E-state index in [1.165, 1.54) is 31.2 Å². The third-order valence-corrected chi connectivity index (χ3v) is 2.43. The monoisotopic (exact) mass is 302 g/mol. The molecule has 0 bridgehead atoms. The molecule has 1 atom stereocenters. The SMILES string of the molecule is C#COC(=O)C(N=Nc1ccc(C(=O)OCC)cc1)C(C)=O. The highest BCUT2D eigenvalue weighted by molar-refractivity contribution is 6.02. The fourth-order valence-corrected chi connectivity index (χ4v) is 1.41. The van der Waals surface area contributed by atoms with Gasteiger partial charge in [0.2, 0.25) is 6.04 Å². The second-order valence-electron chi connectivity index (χ2n) is 4.03. The lowest BCUT2D eigenvalue weighted by Gasteiger charge is -2.04. The van der Waals surface area contributed by atoms with Crippen molar-refractivity contribution < 1.29 is 23.9 Å². The maximum atomic E-state index is 11.5. The highest BCUT2D eigenvalue weighted by atomic mass is 16.5. The van der Waals surface area contributed by atoms with Crippen LogP contribution in [0.2, 0.25) is 0 Å². The standard InChI is InChI=1S/C15H14N2O5/c1-4-21-14(19)11-6-8-12(9-7-11)16-17-13(10(3)18)15(20)22-5-2/h2,6-9,13H,4H2,1,3H3. The molecular weight excluding hydrogens is 288 g/mol. The molecule has 0 aliphatic rings. The number of ketones is 1. The summed E-state index contributed by atoms with van der Waals surface area (Å²) in [7, 11) is 0. The van der Waals surface area contributed by atoms with Crippen LogP contribution in [0.15, 0.2) is 34.5 Å². The van der Waals surface area contributed by atoms with E-state index in [1.807, 2.05) is 0 Å². The summed E-state index contributed by atoms with van der Waals surface area (Å²) in [5.74, 6) is -1.97. The molecule has 1 aromatic rings. The maximum absolute atomic E-state index is 11.5. The van der Waals surface area contributed by atoms with Crippen LogP contribution in [0.25, 0.3) is 0 Å². The van der Waals surface area contributed by atoms with Crippen molar-refractivity contribution in [1.82, 2.24) is 0 Å². The van der Waals surface area contributed by atoms with E-state index < -0.39 is 23.8 Å². The Kier molecular flexibility index (Phi) is 6.44. The van der Waals surface area contributed by atoms with Crippen molar-refractivity contribution in [2.45, 2.75) is 19.9 Å². The van der Waals surface area contributed by atoms with Crippen LogP contribution >= 0.6 is 0 Å². The van der Waals surface area contributed by atoms with E-state index in [0.717, 1.165) is 0 Å². The first-order chi connectivity index (χ1) is 10.5. The van der Waals surface area contributed by atoms with Crippen molar-refractivity contribution in [2.24, 2.45) is 10.2 Å². The van der Waals surface area contributed by atoms with E-state index >= 15 is 0 Å². The Labute approximate surface area is 127 Å². The smallest absolute Gasteiger partial charge is 0.354 e. The summed E-state index contributed by atoms with van der Waals surface area (Å²) in [6.45, 7) is 3.15. The second kappa shape index (κ2) is 8.32. The second-order valence-corrected chi connectivity index (χ2v) is 4.03. The van der Waals surface area contributed by atoms with Gasteiger partial charge in [-0.1, -0.05) is 6.42 Å². The van der Waals surface area contributed by atoms with E-state index in [2.05, 4.69) is 15.0 Å². The van der Waals surface area contributed by atoms with Crippen LogP contribution in [-0.2, 0) is 19.1 Å². The molecule has 1 unspecified atom stereocenters. The first-order valence-corrected chi connectivity index (χ1v) is 6.34. The molecule has 0 aliphatic heterocycles. The molecule has 0 fully saturated rings. The number of benzene rings is 1. The average Bonchev–Trinajstić information content (AvgIpc) is 2.48. The largest absolute Gasteiger partial charge is 0.462 e. The van der Waals surface area contributed by atoms with Gasteiger partial charge in [-0.3, -0.25) is 4.79 Å². The van der Waals surface area contributed by atoms with Crippen LogP contribution in [0.4, 0.5) is 5.69 Å². The van der Waals surface area contributed by atoms with E-state index in [9.17, 15) is 14.4 Å². The molecular formula is C15H14N2O5. The number of hydrogen-bond donors (Lipinski definition) is 0. The quantitative estimate of drug-likeness (QED) is 0.347. The topological polar surface area (TPSA) is 94.4 Å². The van der Waals surface area contributed by atoms with Crippen LogP contribution in [-0.4, -0.2) is 30.4 Å². The van der Waals surface area contributed by atoms with Gasteiger partial charge in [0.25, 0.3) is 0 Å². The average molecular weight is 302 g/mol. The number of hydrogen-bond acceptors (Lipinski definition) is 7. The molecule has 0 spiro atoms. The fourth-order valence-electron chi connectivity index (χ4n) is 1.41. The summed E-state index contributed by atoms with van der Waals surface area (Å²) in [4.78, 5) is 34.2. The minimum atomic E-state index is -1.42. The van der Waals surface area contributed by atoms with Gasteiger partial charge in [-0.25, -0.2) is 9.59 Å². The van der Waals surface area contributed by atoms with Crippen LogP contribution in [0.1, 0.15) is 24.2 Å². The Morgan fingerprint density at radius 1 is 1.27 bits per heavy atom. The minimum absolute atomic E-state index is 0.276. The van der Waals surface area contributed by atoms with Gasteiger partial charge in [0.1, 0.15) is 6.11 Å². The van der Waals surface area contributed by atoms with Gasteiger partial charge in [0.05, 0.1) is 17.9 Å². The lowest BCUT2D eigenvalue weighted by atomic mass is 10.2. The molecule has 0 saturated heterocycles. The van der Waals surface area contributed by atoms with Gasteiger partial charge in [-0.05, 0) is 38.1 Å². The van der Waals surface area contributed by atoms with Crippen molar-refractivity contribution in [3.05, 3.63) is 29.8 Å². The zero-order valence-corrected chi connectivity index (χ0v) is 12.1. The lowest BCUT2D eigenvalue weighted by Crippen LogP contribution is -2.26. The highest BCUT2D eigenvalue weighted by Gasteiger charge is 2.24. The number of Topliss-reactive ketones (excluding diaryl/α,β-unsaturated/α-hetero) is 1. The zero-order chi connectivity index (χ0) is 16.5. The molecule has 114 valence electrons. The van der Waals surface area contributed by atoms with Crippen molar-refractivity contribution in [3.8, 4) is 12.5 Å². The normalized spacial score (nSPS) is 11.5. The van der Waals surface area contributed by atoms with Crippen LogP contribution in [0, 0.1) is 12.5 Å². The van der Waals surface area contributed by atoms with Crippen LogP contribution in [0.5, 0.6) is 0 Å². The number of carbonyl (C=O) groups excluding carboxylic acids is 3. The molecule has 0 amide bonds. The molecule has 0 aliphatic carbocycles. The number of rotatable bonds is 6. The summed E-state index contributed by atoms with van der Waals surface area (Å²) < 4.78 is 9.12. The van der Waals surface area contributed by atoms with Crippen molar-refractivity contribution in [3.63, 3.8) is 0 Å². The van der Waals surface area contributed by atoms with Gasteiger partial charge in [-0.15, -0.1) is 0 Å². The first-order valence-electron chi connectivity index (χ1n) is 6.34. The molecule has 0 N–H and O–H groups in total. The zero-order valence-electron chi connectivity index (χ0n) is 12.1. The molecule has 1 rings (SSSR count). The first kappa shape index (κ1) is 17.0. The summed E-state index contributed by atoms with van der Waals surface area (Å²) in [6, 6.07) is 4.57. The van der Waals surface area contributed by atoms with Gasteiger partial charge in [0.15, 0.2) is 5.78 Å². The predicted octanol–water partition coefficient (Wildman–Crippen LogP) is 2.04. The summed E-state index contributed by atoms with van der Waals surface area (Å²) in [5.41, 5.74) is 0.712. The Morgan fingerprint density at radius 2 is 1.91 bits per heavy atom. The van der Waals surface area contributed by atoms with Crippen molar-refractivity contribution in [1.29, 1.82) is 0 Å². The van der Waals surface area contributed by atoms with Gasteiger partial charge < -0.3 is 9.47 Å². The van der Waals surface area contributed by atoms with Gasteiger partial charge in [0, 0.05) is 0 Å². The maximum Gasteiger partial charge on any atom is 0.354 e. The molecule has 7 heteroatoms. The van der Waals surface area contributed by atoms with E-state index in [4.69, 9.17) is 11.2 Å². The lowest BCUT2D eigenvalue weighted by molar-refractivity contribution is -0.141. The van der Waals surface area contributed by atoms with Gasteiger partial charge in [-0.2, -0.15) is 10.2 Å². The number of azo groups is 1. The number of carbonyl (C=O) groups is 3.